The first-order valence-corrected chi connectivity index (χ1v) is 11.5. The van der Waals surface area contributed by atoms with Crippen molar-refractivity contribution >= 4 is 18.0 Å². The lowest BCUT2D eigenvalue weighted by molar-refractivity contribution is -0.154. The Hall–Kier alpha value is -3.35. The van der Waals surface area contributed by atoms with E-state index >= 15 is 0 Å². The molecule has 3 atom stereocenters. The number of hydrogen-bond acceptors (Lipinski definition) is 4. The average Bonchev–Trinajstić information content (AvgIpc) is 3.14. The third-order valence-corrected chi connectivity index (χ3v) is 6.70. The summed E-state index contributed by atoms with van der Waals surface area (Å²) in [5.74, 6) is -1.56. The molecule has 2 aliphatic rings. The number of carboxylic acid groups (broad SMARTS) is 1. The van der Waals surface area contributed by atoms with Gasteiger partial charge in [0.05, 0.1) is 5.92 Å². The molecule has 1 fully saturated rings. The van der Waals surface area contributed by atoms with E-state index in [0.29, 0.717) is 13.0 Å². The van der Waals surface area contributed by atoms with Gasteiger partial charge in [0.2, 0.25) is 5.91 Å². The van der Waals surface area contributed by atoms with Gasteiger partial charge in [-0.05, 0) is 41.0 Å². The molecule has 1 saturated heterocycles. The summed E-state index contributed by atoms with van der Waals surface area (Å²) in [6.45, 7) is 4.42. The molecule has 2 N–H and O–H groups in total. The van der Waals surface area contributed by atoms with Crippen LogP contribution >= 0.6 is 0 Å². The van der Waals surface area contributed by atoms with Gasteiger partial charge in [0, 0.05) is 19.0 Å². The third kappa shape index (κ3) is 4.72. The smallest absolute Gasteiger partial charge is 0.407 e. The maximum atomic E-state index is 12.9. The minimum atomic E-state index is -0.980. The first kappa shape index (κ1) is 22.8. The highest BCUT2D eigenvalue weighted by atomic mass is 16.5. The Balaban J connectivity index is 1.33. The fourth-order valence-electron chi connectivity index (χ4n) is 4.91. The van der Waals surface area contributed by atoms with E-state index in [9.17, 15) is 19.5 Å². The van der Waals surface area contributed by atoms with Gasteiger partial charge in [0.25, 0.3) is 0 Å². The van der Waals surface area contributed by atoms with Gasteiger partial charge in [0.1, 0.15) is 12.6 Å². The second-order valence-electron chi connectivity index (χ2n) is 9.13. The number of benzene rings is 2. The van der Waals surface area contributed by atoms with Crippen LogP contribution < -0.4 is 5.32 Å². The zero-order valence-electron chi connectivity index (χ0n) is 19.0. The molecule has 1 aliphatic heterocycles. The van der Waals surface area contributed by atoms with Gasteiger partial charge in [-0.15, -0.1) is 0 Å². The minimum Gasteiger partial charge on any atom is -0.480 e. The van der Waals surface area contributed by atoms with Gasteiger partial charge in [-0.25, -0.2) is 9.59 Å². The molecule has 0 radical (unpaired) electrons. The van der Waals surface area contributed by atoms with Crippen molar-refractivity contribution in [3.63, 3.8) is 0 Å². The summed E-state index contributed by atoms with van der Waals surface area (Å²) in [5, 5.41) is 12.1. The van der Waals surface area contributed by atoms with E-state index in [4.69, 9.17) is 4.74 Å². The van der Waals surface area contributed by atoms with Crippen LogP contribution in [0.4, 0.5) is 4.79 Å². The van der Waals surface area contributed by atoms with Crippen LogP contribution in [0.2, 0.25) is 0 Å². The van der Waals surface area contributed by atoms with Crippen LogP contribution in [0.1, 0.15) is 43.7 Å². The maximum absolute atomic E-state index is 12.9. The van der Waals surface area contributed by atoms with Crippen LogP contribution in [0.15, 0.2) is 48.5 Å². The van der Waals surface area contributed by atoms with Crippen molar-refractivity contribution in [3.8, 4) is 11.1 Å². The largest absolute Gasteiger partial charge is 0.480 e. The highest BCUT2D eigenvalue weighted by Crippen LogP contribution is 2.44. The van der Waals surface area contributed by atoms with E-state index in [2.05, 4.69) is 29.6 Å². The number of fused-ring (bicyclic) bond motifs is 3. The van der Waals surface area contributed by atoms with Crippen molar-refractivity contribution in [2.75, 3.05) is 19.7 Å². The van der Waals surface area contributed by atoms with Gasteiger partial charge >= 0.3 is 12.1 Å². The Morgan fingerprint density at radius 2 is 1.67 bits per heavy atom. The number of nitrogens with one attached hydrogen (secondary N) is 1. The topological polar surface area (TPSA) is 95.9 Å². The monoisotopic (exact) mass is 450 g/mol. The number of carbonyl (C=O) groups excluding carboxylic acids is 2. The van der Waals surface area contributed by atoms with Crippen LogP contribution in [0.25, 0.3) is 11.1 Å². The highest BCUT2D eigenvalue weighted by Gasteiger charge is 2.36. The summed E-state index contributed by atoms with van der Waals surface area (Å²) in [5.41, 5.74) is 4.58. The van der Waals surface area contributed by atoms with Gasteiger partial charge in [-0.3, -0.25) is 4.79 Å². The number of rotatable bonds is 6. The molecule has 0 aromatic heterocycles. The maximum Gasteiger partial charge on any atom is 0.407 e. The molecule has 174 valence electrons. The van der Waals surface area contributed by atoms with E-state index in [1.54, 1.807) is 6.92 Å². The van der Waals surface area contributed by atoms with Crippen LogP contribution in [0.5, 0.6) is 0 Å². The average molecular weight is 451 g/mol. The Morgan fingerprint density at radius 3 is 2.27 bits per heavy atom. The summed E-state index contributed by atoms with van der Waals surface area (Å²) in [6, 6.07) is 15.4. The Bertz CT molecular complexity index is 1010. The van der Waals surface area contributed by atoms with Crippen LogP contribution in [-0.2, 0) is 14.3 Å². The van der Waals surface area contributed by atoms with Crippen molar-refractivity contribution in [1.82, 2.24) is 10.2 Å². The van der Waals surface area contributed by atoms with Gasteiger partial charge < -0.3 is 20.1 Å². The lowest BCUT2D eigenvalue weighted by Gasteiger charge is -2.37. The first-order chi connectivity index (χ1) is 15.9. The lowest BCUT2D eigenvalue weighted by Crippen LogP contribution is -2.53. The van der Waals surface area contributed by atoms with Crippen molar-refractivity contribution in [2.24, 2.45) is 11.8 Å². The van der Waals surface area contributed by atoms with Gasteiger partial charge in [-0.1, -0.05) is 62.4 Å². The minimum absolute atomic E-state index is 0.0339. The molecule has 0 saturated carbocycles. The first-order valence-electron chi connectivity index (χ1n) is 11.5. The fourth-order valence-corrected chi connectivity index (χ4v) is 4.91. The zero-order chi connectivity index (χ0) is 23.5. The molecular formula is C26H30N2O5. The number of carboxylic acids is 1. The molecule has 33 heavy (non-hydrogen) atoms. The van der Waals surface area contributed by atoms with Gasteiger partial charge in [0.15, 0.2) is 0 Å². The molecule has 7 nitrogen and oxygen atoms in total. The number of piperidine rings is 1. The van der Waals surface area contributed by atoms with Crippen molar-refractivity contribution in [1.29, 1.82) is 0 Å². The van der Waals surface area contributed by atoms with Crippen molar-refractivity contribution in [3.05, 3.63) is 59.7 Å². The molecule has 3 unspecified atom stereocenters. The number of hydrogen-bond donors (Lipinski definition) is 2. The summed E-state index contributed by atoms with van der Waals surface area (Å²) in [6.07, 6.45) is 0.653. The zero-order valence-corrected chi connectivity index (χ0v) is 19.0. The summed E-state index contributed by atoms with van der Waals surface area (Å²) >= 11 is 0. The van der Waals surface area contributed by atoms with E-state index in [-0.39, 0.29) is 30.9 Å². The number of nitrogens with zero attached hydrogens (tertiary/aromatic N) is 1. The second-order valence-corrected chi connectivity index (χ2v) is 9.13. The van der Waals surface area contributed by atoms with E-state index < -0.39 is 24.0 Å². The molecule has 2 aromatic rings. The van der Waals surface area contributed by atoms with E-state index in [1.165, 1.54) is 4.90 Å². The Morgan fingerprint density at radius 1 is 1.06 bits per heavy atom. The predicted molar refractivity (Wildman–Crippen MR) is 124 cm³/mol. The number of carbonyl (C=O) groups is 3. The third-order valence-electron chi connectivity index (χ3n) is 6.70. The Kier molecular flexibility index (Phi) is 6.67. The SMILES string of the molecule is CC1CCC(C(=O)O)N(C(=O)C(C)CNC(=O)OCC2c3ccccc3-c3ccccc32)C1. The Labute approximate surface area is 193 Å². The number of likely N-dealkylation sites (tertiary alicyclic amines) is 1. The molecule has 4 rings (SSSR count). The van der Waals surface area contributed by atoms with Crippen LogP contribution in [-0.4, -0.2) is 53.7 Å². The van der Waals surface area contributed by atoms with Crippen molar-refractivity contribution < 1.29 is 24.2 Å². The van der Waals surface area contributed by atoms with Crippen molar-refractivity contribution in [2.45, 2.75) is 38.6 Å². The number of amides is 2. The molecule has 7 heteroatoms. The van der Waals surface area contributed by atoms with E-state index in [1.807, 2.05) is 31.2 Å². The lowest BCUT2D eigenvalue weighted by atomic mass is 9.93. The molecule has 0 spiro atoms. The standard InChI is InChI=1S/C26H30N2O5/c1-16-11-12-23(25(30)31)28(14-16)24(29)17(2)13-27-26(32)33-15-22-20-9-5-3-7-18(20)19-8-4-6-10-21(19)22/h3-10,16-17,22-23H,11-15H2,1-2H3,(H,27,32)(H,30,31). The molecule has 1 aliphatic carbocycles. The van der Waals surface area contributed by atoms with Crippen LogP contribution in [0.3, 0.4) is 0 Å². The summed E-state index contributed by atoms with van der Waals surface area (Å²) < 4.78 is 5.52. The summed E-state index contributed by atoms with van der Waals surface area (Å²) in [4.78, 5) is 38.3. The molecular weight excluding hydrogens is 420 g/mol. The molecule has 2 amide bonds. The highest BCUT2D eigenvalue weighted by molar-refractivity contribution is 5.85. The number of ether oxygens (including phenoxy) is 1. The summed E-state index contributed by atoms with van der Waals surface area (Å²) in [7, 11) is 0. The predicted octanol–water partition coefficient (Wildman–Crippen LogP) is 3.87. The normalized spacial score (nSPS) is 20.5. The molecule has 0 bridgehead atoms. The molecule has 1 heterocycles. The second kappa shape index (κ2) is 9.65. The quantitative estimate of drug-likeness (QED) is 0.697. The van der Waals surface area contributed by atoms with E-state index in [0.717, 1.165) is 28.7 Å². The fraction of sp³-hybridized carbons (Fsp3) is 0.423. The number of aliphatic carboxylic acids is 1. The van der Waals surface area contributed by atoms with Gasteiger partial charge in [-0.2, -0.15) is 0 Å². The number of alkyl carbamates (subject to hydrolysis) is 1. The molecule has 2 aromatic carbocycles. The van der Waals surface area contributed by atoms with Crippen LogP contribution in [0, 0.1) is 11.8 Å².